The van der Waals surface area contributed by atoms with Crippen LogP contribution in [0.1, 0.15) is 26.7 Å². The Labute approximate surface area is 79.2 Å². The van der Waals surface area contributed by atoms with Gasteiger partial charge in [0.05, 0.1) is 6.10 Å². The maximum absolute atomic E-state index is 10.9. The van der Waals surface area contributed by atoms with E-state index in [1.54, 1.807) is 6.08 Å². The van der Waals surface area contributed by atoms with Crippen molar-refractivity contribution in [3.05, 3.63) is 11.8 Å². The van der Waals surface area contributed by atoms with Crippen molar-refractivity contribution in [1.82, 2.24) is 5.32 Å². The van der Waals surface area contributed by atoms with Crippen molar-refractivity contribution in [3.63, 3.8) is 0 Å². The first-order chi connectivity index (χ1) is 6.22. The van der Waals surface area contributed by atoms with Gasteiger partial charge in [0.25, 0.3) is 0 Å². The number of carbonyl (C=O) groups is 1. The summed E-state index contributed by atoms with van der Waals surface area (Å²) in [4.78, 5) is 10.9. The van der Waals surface area contributed by atoms with Gasteiger partial charge in [0.2, 0.25) is 0 Å². The Balaban J connectivity index is 2.19. The van der Waals surface area contributed by atoms with Crippen LogP contribution in [0, 0.1) is 0 Å². The Morgan fingerprint density at radius 3 is 2.92 bits per heavy atom. The third-order valence-corrected chi connectivity index (χ3v) is 2.04. The van der Waals surface area contributed by atoms with E-state index in [-0.39, 0.29) is 11.9 Å². The standard InChI is InChI=1S/C10H17NO2/c1-3-13-8(2)7-11-9-4-5-10(12)6-9/h6,8,11H,3-5,7H2,1-2H3. The third-order valence-electron chi connectivity index (χ3n) is 2.04. The van der Waals surface area contributed by atoms with Crippen molar-refractivity contribution in [2.24, 2.45) is 0 Å². The van der Waals surface area contributed by atoms with Gasteiger partial charge in [0.1, 0.15) is 0 Å². The smallest absolute Gasteiger partial charge is 0.157 e. The number of hydrogen-bond acceptors (Lipinski definition) is 3. The number of hydrogen-bond donors (Lipinski definition) is 1. The Morgan fingerprint density at radius 1 is 1.62 bits per heavy atom. The van der Waals surface area contributed by atoms with Crippen LogP contribution in [-0.4, -0.2) is 25.0 Å². The predicted octanol–water partition coefficient (Wildman–Crippen LogP) is 1.25. The average Bonchev–Trinajstić information content (AvgIpc) is 2.49. The summed E-state index contributed by atoms with van der Waals surface area (Å²) in [7, 11) is 0. The molecule has 74 valence electrons. The summed E-state index contributed by atoms with van der Waals surface area (Å²) >= 11 is 0. The van der Waals surface area contributed by atoms with Crippen molar-refractivity contribution >= 4 is 5.78 Å². The molecule has 1 aliphatic rings. The van der Waals surface area contributed by atoms with Crippen molar-refractivity contribution < 1.29 is 9.53 Å². The first kappa shape index (κ1) is 10.3. The van der Waals surface area contributed by atoms with Crippen molar-refractivity contribution in [2.75, 3.05) is 13.2 Å². The van der Waals surface area contributed by atoms with Crippen molar-refractivity contribution in [3.8, 4) is 0 Å². The van der Waals surface area contributed by atoms with Gasteiger partial charge in [0, 0.05) is 31.3 Å². The highest BCUT2D eigenvalue weighted by Gasteiger charge is 2.11. The quantitative estimate of drug-likeness (QED) is 0.697. The van der Waals surface area contributed by atoms with Crippen LogP contribution in [-0.2, 0) is 9.53 Å². The molecule has 0 aliphatic heterocycles. The molecule has 0 aromatic carbocycles. The van der Waals surface area contributed by atoms with E-state index in [0.29, 0.717) is 6.42 Å². The molecule has 1 aliphatic carbocycles. The van der Waals surface area contributed by atoms with Gasteiger partial charge in [-0.25, -0.2) is 0 Å². The molecule has 13 heavy (non-hydrogen) atoms. The third kappa shape index (κ3) is 3.59. The molecule has 0 spiro atoms. The molecule has 1 N–H and O–H groups in total. The fourth-order valence-corrected chi connectivity index (χ4v) is 1.35. The number of ketones is 1. The normalized spacial score (nSPS) is 18.6. The number of ether oxygens (including phenoxy) is 1. The van der Waals surface area contributed by atoms with Crippen LogP contribution in [0.2, 0.25) is 0 Å². The molecule has 0 aromatic heterocycles. The summed E-state index contributed by atoms with van der Waals surface area (Å²) in [5.41, 5.74) is 1.05. The van der Waals surface area contributed by atoms with Gasteiger partial charge < -0.3 is 10.1 Å². The maximum atomic E-state index is 10.9. The first-order valence-corrected chi connectivity index (χ1v) is 4.81. The van der Waals surface area contributed by atoms with Crippen LogP contribution < -0.4 is 5.32 Å². The summed E-state index contributed by atoms with van der Waals surface area (Å²) < 4.78 is 5.35. The number of allylic oxidation sites excluding steroid dienone is 2. The molecule has 1 unspecified atom stereocenters. The van der Waals surface area contributed by atoms with Crippen LogP contribution in [0.4, 0.5) is 0 Å². The molecule has 0 bridgehead atoms. The highest BCUT2D eigenvalue weighted by Crippen LogP contribution is 2.11. The molecule has 0 radical (unpaired) electrons. The molecular weight excluding hydrogens is 166 g/mol. The summed E-state index contributed by atoms with van der Waals surface area (Å²) in [5.74, 6) is 0.228. The van der Waals surface area contributed by atoms with E-state index in [9.17, 15) is 4.79 Å². The van der Waals surface area contributed by atoms with Crippen LogP contribution in [0.15, 0.2) is 11.8 Å². The fourth-order valence-electron chi connectivity index (χ4n) is 1.35. The predicted molar refractivity (Wildman–Crippen MR) is 51.4 cm³/mol. The zero-order valence-electron chi connectivity index (χ0n) is 8.30. The molecule has 0 fully saturated rings. The van der Waals surface area contributed by atoms with E-state index in [2.05, 4.69) is 5.32 Å². The Bertz CT molecular complexity index is 211. The number of rotatable bonds is 5. The van der Waals surface area contributed by atoms with Gasteiger partial charge in [-0.2, -0.15) is 0 Å². The van der Waals surface area contributed by atoms with E-state index < -0.39 is 0 Å². The lowest BCUT2D eigenvalue weighted by molar-refractivity contribution is -0.114. The highest BCUT2D eigenvalue weighted by molar-refractivity contribution is 5.92. The maximum Gasteiger partial charge on any atom is 0.157 e. The Kier molecular flexibility index (Phi) is 3.96. The fraction of sp³-hybridized carbons (Fsp3) is 0.700. The van der Waals surface area contributed by atoms with Crippen LogP contribution in [0.5, 0.6) is 0 Å². The number of carbonyl (C=O) groups excluding carboxylic acids is 1. The van der Waals surface area contributed by atoms with Crippen LogP contribution in [0.3, 0.4) is 0 Å². The van der Waals surface area contributed by atoms with Gasteiger partial charge in [-0.05, 0) is 20.3 Å². The lowest BCUT2D eigenvalue weighted by atomic mass is 10.3. The molecule has 0 heterocycles. The second kappa shape index (κ2) is 5.02. The Morgan fingerprint density at radius 2 is 2.38 bits per heavy atom. The topological polar surface area (TPSA) is 38.3 Å². The second-order valence-electron chi connectivity index (χ2n) is 3.28. The zero-order valence-corrected chi connectivity index (χ0v) is 8.30. The minimum Gasteiger partial charge on any atom is -0.386 e. The van der Waals surface area contributed by atoms with Gasteiger partial charge in [-0.1, -0.05) is 0 Å². The summed E-state index contributed by atoms with van der Waals surface area (Å²) in [6, 6.07) is 0. The van der Waals surface area contributed by atoms with Crippen molar-refractivity contribution in [1.29, 1.82) is 0 Å². The SMILES string of the molecule is CCOC(C)CNC1=CC(=O)CC1. The second-order valence-corrected chi connectivity index (χ2v) is 3.28. The zero-order chi connectivity index (χ0) is 9.68. The summed E-state index contributed by atoms with van der Waals surface area (Å²) in [6.07, 6.45) is 3.42. The lowest BCUT2D eigenvalue weighted by Gasteiger charge is -2.13. The minimum absolute atomic E-state index is 0.210. The molecular formula is C10H17NO2. The molecule has 3 heteroatoms. The minimum atomic E-state index is 0.210. The van der Waals surface area contributed by atoms with Crippen LogP contribution in [0.25, 0.3) is 0 Å². The Hall–Kier alpha value is -0.830. The molecule has 0 saturated heterocycles. The largest absolute Gasteiger partial charge is 0.386 e. The van der Waals surface area contributed by atoms with Gasteiger partial charge in [0.15, 0.2) is 5.78 Å². The van der Waals surface area contributed by atoms with Gasteiger partial charge >= 0.3 is 0 Å². The molecule has 0 saturated carbocycles. The van der Waals surface area contributed by atoms with E-state index >= 15 is 0 Å². The van der Waals surface area contributed by atoms with Gasteiger partial charge in [-0.3, -0.25) is 4.79 Å². The van der Waals surface area contributed by atoms with E-state index in [1.807, 2.05) is 13.8 Å². The summed E-state index contributed by atoms with van der Waals surface area (Å²) in [6.45, 7) is 5.52. The average molecular weight is 183 g/mol. The number of nitrogens with one attached hydrogen (secondary N) is 1. The molecule has 0 amide bonds. The first-order valence-electron chi connectivity index (χ1n) is 4.81. The monoisotopic (exact) mass is 183 g/mol. The van der Waals surface area contributed by atoms with Crippen molar-refractivity contribution in [2.45, 2.75) is 32.8 Å². The van der Waals surface area contributed by atoms with Gasteiger partial charge in [-0.15, -0.1) is 0 Å². The molecule has 0 aromatic rings. The summed E-state index contributed by atoms with van der Waals surface area (Å²) in [5, 5.41) is 3.21. The molecule has 1 atom stereocenters. The van der Waals surface area contributed by atoms with Crippen LogP contribution >= 0.6 is 0 Å². The van der Waals surface area contributed by atoms with E-state index in [0.717, 1.165) is 25.3 Å². The van der Waals surface area contributed by atoms with E-state index in [4.69, 9.17) is 4.74 Å². The lowest BCUT2D eigenvalue weighted by Crippen LogP contribution is -2.25. The molecule has 3 nitrogen and oxygen atoms in total. The molecule has 1 rings (SSSR count). The van der Waals surface area contributed by atoms with E-state index in [1.165, 1.54) is 0 Å². The highest BCUT2D eigenvalue weighted by atomic mass is 16.5.